The van der Waals surface area contributed by atoms with E-state index in [1.165, 1.54) is 0 Å². The quantitative estimate of drug-likeness (QED) is 0.681. The SMILES string of the molecule is CC(C(=O)S)c1cccc(C(=O)c2ccccc2)c1. The lowest BCUT2D eigenvalue weighted by molar-refractivity contribution is -0.111. The van der Waals surface area contributed by atoms with E-state index in [2.05, 4.69) is 12.6 Å². The molecule has 0 bridgehead atoms. The zero-order chi connectivity index (χ0) is 13.8. The molecule has 0 saturated carbocycles. The fraction of sp³-hybridized carbons (Fsp3) is 0.125. The molecule has 2 aromatic carbocycles. The molecule has 0 radical (unpaired) electrons. The second-order valence-corrected chi connectivity index (χ2v) is 4.82. The van der Waals surface area contributed by atoms with E-state index in [9.17, 15) is 9.59 Å². The Balaban J connectivity index is 2.34. The van der Waals surface area contributed by atoms with Crippen molar-refractivity contribution in [1.82, 2.24) is 0 Å². The summed E-state index contributed by atoms with van der Waals surface area (Å²) in [7, 11) is 0. The van der Waals surface area contributed by atoms with Crippen LogP contribution in [-0.2, 0) is 4.79 Å². The molecule has 2 rings (SSSR count). The normalized spacial score (nSPS) is 11.9. The average molecular weight is 270 g/mol. The first-order valence-corrected chi connectivity index (χ1v) is 6.47. The summed E-state index contributed by atoms with van der Waals surface area (Å²) in [6.07, 6.45) is 0. The van der Waals surface area contributed by atoms with Crippen molar-refractivity contribution >= 4 is 23.5 Å². The van der Waals surface area contributed by atoms with Crippen molar-refractivity contribution < 1.29 is 9.59 Å². The predicted octanol–water partition coefficient (Wildman–Crippen LogP) is 3.48. The Bertz CT molecular complexity index is 605. The van der Waals surface area contributed by atoms with Gasteiger partial charge in [0.1, 0.15) is 0 Å². The monoisotopic (exact) mass is 270 g/mol. The largest absolute Gasteiger partial charge is 0.289 e. The molecule has 0 aliphatic rings. The van der Waals surface area contributed by atoms with Crippen LogP contribution in [0.2, 0.25) is 0 Å². The lowest BCUT2D eigenvalue weighted by atomic mass is 9.96. The number of thiol groups is 1. The minimum atomic E-state index is -0.313. The van der Waals surface area contributed by atoms with Crippen molar-refractivity contribution in [2.24, 2.45) is 0 Å². The van der Waals surface area contributed by atoms with E-state index in [4.69, 9.17) is 0 Å². The van der Waals surface area contributed by atoms with Crippen LogP contribution in [0, 0.1) is 0 Å². The molecule has 0 saturated heterocycles. The van der Waals surface area contributed by atoms with Crippen LogP contribution in [0.4, 0.5) is 0 Å². The molecule has 1 unspecified atom stereocenters. The number of carbonyl (C=O) groups is 2. The molecule has 19 heavy (non-hydrogen) atoms. The third kappa shape index (κ3) is 3.12. The summed E-state index contributed by atoms with van der Waals surface area (Å²) in [5.74, 6) is -0.354. The van der Waals surface area contributed by atoms with Crippen LogP contribution in [-0.4, -0.2) is 10.9 Å². The minimum Gasteiger partial charge on any atom is -0.289 e. The maximum Gasteiger partial charge on any atom is 0.193 e. The van der Waals surface area contributed by atoms with E-state index in [0.29, 0.717) is 11.1 Å². The zero-order valence-corrected chi connectivity index (χ0v) is 11.4. The van der Waals surface area contributed by atoms with Gasteiger partial charge in [-0.1, -0.05) is 55.5 Å². The van der Waals surface area contributed by atoms with Gasteiger partial charge in [-0.25, -0.2) is 0 Å². The molecule has 2 aromatic rings. The second-order valence-electron chi connectivity index (χ2n) is 4.38. The van der Waals surface area contributed by atoms with Gasteiger partial charge in [-0.15, -0.1) is 12.6 Å². The molecule has 0 fully saturated rings. The molecule has 0 aromatic heterocycles. The van der Waals surface area contributed by atoms with Gasteiger partial charge in [0.25, 0.3) is 0 Å². The molecular formula is C16H14O2S. The molecule has 0 amide bonds. The van der Waals surface area contributed by atoms with E-state index >= 15 is 0 Å². The smallest absolute Gasteiger partial charge is 0.193 e. The summed E-state index contributed by atoms with van der Waals surface area (Å²) >= 11 is 3.84. The van der Waals surface area contributed by atoms with E-state index in [1.54, 1.807) is 37.3 Å². The minimum absolute atomic E-state index is 0.0405. The Labute approximate surface area is 117 Å². The van der Waals surface area contributed by atoms with Crippen LogP contribution in [0.15, 0.2) is 54.6 Å². The van der Waals surface area contributed by atoms with Gasteiger partial charge in [0, 0.05) is 11.1 Å². The van der Waals surface area contributed by atoms with Gasteiger partial charge < -0.3 is 0 Å². The number of rotatable bonds is 4. The van der Waals surface area contributed by atoms with Crippen LogP contribution in [0.5, 0.6) is 0 Å². The van der Waals surface area contributed by atoms with Gasteiger partial charge in [0.15, 0.2) is 10.9 Å². The Morgan fingerprint density at radius 1 is 0.947 bits per heavy atom. The Hall–Kier alpha value is -1.87. The van der Waals surface area contributed by atoms with Crippen molar-refractivity contribution in [3.05, 3.63) is 71.3 Å². The second kappa shape index (κ2) is 5.85. The first-order chi connectivity index (χ1) is 9.09. The summed E-state index contributed by atoms with van der Waals surface area (Å²) in [6.45, 7) is 1.78. The Morgan fingerprint density at radius 2 is 1.58 bits per heavy atom. The fourth-order valence-corrected chi connectivity index (χ4v) is 2.00. The molecular weight excluding hydrogens is 256 g/mol. The number of hydrogen-bond acceptors (Lipinski definition) is 2. The third-order valence-corrected chi connectivity index (χ3v) is 3.44. The Morgan fingerprint density at radius 3 is 2.21 bits per heavy atom. The molecule has 96 valence electrons. The number of ketones is 1. The van der Waals surface area contributed by atoms with Crippen molar-refractivity contribution in [3.8, 4) is 0 Å². The van der Waals surface area contributed by atoms with Gasteiger partial charge in [-0.05, 0) is 11.6 Å². The van der Waals surface area contributed by atoms with Crippen LogP contribution in [0.25, 0.3) is 0 Å². The van der Waals surface area contributed by atoms with Crippen LogP contribution in [0.3, 0.4) is 0 Å². The standard InChI is InChI=1S/C16H14O2S/c1-11(16(18)19)13-8-5-9-14(10-13)15(17)12-6-3-2-4-7-12/h2-11H,1H3,(H,18,19). The molecule has 0 heterocycles. The number of carbonyl (C=O) groups excluding carboxylic acids is 2. The number of hydrogen-bond donors (Lipinski definition) is 1. The lowest BCUT2D eigenvalue weighted by Gasteiger charge is -2.09. The average Bonchev–Trinajstić information content (AvgIpc) is 2.46. The summed E-state index contributed by atoms with van der Waals surface area (Å²) in [6, 6.07) is 16.2. The zero-order valence-electron chi connectivity index (χ0n) is 10.5. The maximum atomic E-state index is 12.3. The van der Waals surface area contributed by atoms with Gasteiger partial charge in [0.05, 0.1) is 5.92 Å². The molecule has 0 N–H and O–H groups in total. The first kappa shape index (κ1) is 13.6. The summed E-state index contributed by atoms with van der Waals surface area (Å²) in [5.41, 5.74) is 2.04. The van der Waals surface area contributed by atoms with E-state index in [0.717, 1.165) is 5.56 Å². The molecule has 1 atom stereocenters. The highest BCUT2D eigenvalue weighted by Crippen LogP contribution is 2.20. The van der Waals surface area contributed by atoms with E-state index in [-0.39, 0.29) is 16.8 Å². The summed E-state index contributed by atoms with van der Waals surface area (Å²) < 4.78 is 0. The maximum absolute atomic E-state index is 12.3. The van der Waals surface area contributed by atoms with E-state index in [1.807, 2.05) is 24.3 Å². The molecule has 2 nitrogen and oxygen atoms in total. The lowest BCUT2D eigenvalue weighted by Crippen LogP contribution is -2.05. The fourth-order valence-electron chi connectivity index (χ4n) is 1.85. The summed E-state index contributed by atoms with van der Waals surface area (Å²) in [5, 5.41) is -0.204. The van der Waals surface area contributed by atoms with E-state index < -0.39 is 0 Å². The Kier molecular flexibility index (Phi) is 4.17. The topological polar surface area (TPSA) is 34.1 Å². The van der Waals surface area contributed by atoms with Crippen molar-refractivity contribution in [1.29, 1.82) is 0 Å². The highest BCUT2D eigenvalue weighted by molar-refractivity contribution is 7.96. The number of benzene rings is 2. The van der Waals surface area contributed by atoms with Crippen LogP contribution in [0.1, 0.15) is 34.3 Å². The van der Waals surface area contributed by atoms with Crippen molar-refractivity contribution in [2.75, 3.05) is 0 Å². The molecule has 0 aliphatic heterocycles. The van der Waals surface area contributed by atoms with Gasteiger partial charge in [0.2, 0.25) is 0 Å². The summed E-state index contributed by atoms with van der Waals surface area (Å²) in [4.78, 5) is 23.6. The van der Waals surface area contributed by atoms with Gasteiger partial charge >= 0.3 is 0 Å². The molecule has 0 spiro atoms. The molecule has 0 aliphatic carbocycles. The van der Waals surface area contributed by atoms with Gasteiger partial charge in [-0.2, -0.15) is 0 Å². The van der Waals surface area contributed by atoms with Gasteiger partial charge in [-0.3, -0.25) is 9.59 Å². The highest BCUT2D eigenvalue weighted by atomic mass is 32.1. The first-order valence-electron chi connectivity index (χ1n) is 6.02. The van der Waals surface area contributed by atoms with Crippen molar-refractivity contribution in [2.45, 2.75) is 12.8 Å². The molecule has 3 heteroatoms. The highest BCUT2D eigenvalue weighted by Gasteiger charge is 2.14. The third-order valence-electron chi connectivity index (χ3n) is 3.06. The van der Waals surface area contributed by atoms with Crippen LogP contribution >= 0.6 is 12.6 Å². The van der Waals surface area contributed by atoms with Crippen LogP contribution < -0.4 is 0 Å². The van der Waals surface area contributed by atoms with Crippen molar-refractivity contribution in [3.63, 3.8) is 0 Å². The predicted molar refractivity (Wildman–Crippen MR) is 78.7 cm³/mol.